The van der Waals surface area contributed by atoms with E-state index in [1.165, 1.54) is 18.7 Å². The van der Waals surface area contributed by atoms with E-state index in [1.807, 2.05) is 0 Å². The molecule has 2 heterocycles. The molecule has 2 aliphatic heterocycles. The Morgan fingerprint density at radius 3 is 2.52 bits per heavy atom. The molecule has 10 heteroatoms. The number of halogens is 1. The number of hydrogen-bond donors (Lipinski definition) is 6. The third kappa shape index (κ3) is 5.93. The lowest BCUT2D eigenvalue weighted by molar-refractivity contribution is -0.211. The second-order valence-electron chi connectivity index (χ2n) is 7.30. The first kappa shape index (κ1) is 24.9. The minimum Gasteiger partial charge on any atom is -0.391 e. The molecule has 5 unspecified atom stereocenters. The van der Waals surface area contributed by atoms with E-state index in [0.717, 1.165) is 25.8 Å². The molecule has 0 aromatic heterocycles. The van der Waals surface area contributed by atoms with Gasteiger partial charge in [-0.25, -0.2) is 0 Å². The molecule has 2 aliphatic rings. The van der Waals surface area contributed by atoms with Crippen molar-refractivity contribution in [3.63, 3.8) is 0 Å². The highest BCUT2D eigenvalue weighted by Gasteiger charge is 2.48. The Labute approximate surface area is 170 Å². The fourth-order valence-electron chi connectivity index (χ4n) is 3.74. The van der Waals surface area contributed by atoms with Crippen LogP contribution in [0.3, 0.4) is 0 Å². The fourth-order valence-corrected chi connectivity index (χ4v) is 4.42. The SMILES string of the molecule is CCC[C@H]1CN[C@H](C(=O)N[C@@H](C2OC(SC)C(O)C(O)C2O)[C@@H](C)O)C1.Cl. The average molecular weight is 429 g/mol. The second kappa shape index (κ2) is 11.2. The summed E-state index contributed by atoms with van der Waals surface area (Å²) in [5, 5.41) is 46.5. The lowest BCUT2D eigenvalue weighted by Gasteiger charge is -2.44. The van der Waals surface area contributed by atoms with Gasteiger partial charge in [0.2, 0.25) is 5.91 Å². The van der Waals surface area contributed by atoms with Gasteiger partial charge < -0.3 is 35.8 Å². The summed E-state index contributed by atoms with van der Waals surface area (Å²) < 4.78 is 5.69. The summed E-state index contributed by atoms with van der Waals surface area (Å²) in [5.41, 5.74) is -0.755. The maximum atomic E-state index is 12.6. The van der Waals surface area contributed by atoms with Crippen LogP contribution in [0.25, 0.3) is 0 Å². The Bertz CT molecular complexity index is 473. The molecule has 0 bridgehead atoms. The molecule has 0 aliphatic carbocycles. The van der Waals surface area contributed by atoms with Crippen LogP contribution in [0.1, 0.15) is 33.1 Å². The Morgan fingerprint density at radius 2 is 1.96 bits per heavy atom. The van der Waals surface area contributed by atoms with Crippen molar-refractivity contribution in [2.75, 3.05) is 12.8 Å². The van der Waals surface area contributed by atoms with E-state index in [2.05, 4.69) is 17.6 Å². The van der Waals surface area contributed by atoms with Crippen LogP contribution in [-0.4, -0.2) is 87.2 Å². The van der Waals surface area contributed by atoms with Gasteiger partial charge in [-0.1, -0.05) is 13.3 Å². The van der Waals surface area contributed by atoms with Gasteiger partial charge in [0, 0.05) is 0 Å². The van der Waals surface area contributed by atoms with Crippen molar-refractivity contribution < 1.29 is 30.0 Å². The number of ether oxygens (including phenoxy) is 1. The summed E-state index contributed by atoms with van der Waals surface area (Å²) in [6.07, 6.45) is -1.54. The normalized spacial score (nSPS) is 38.7. The first-order valence-electron chi connectivity index (χ1n) is 9.24. The van der Waals surface area contributed by atoms with E-state index < -0.39 is 42.0 Å². The number of aliphatic hydroxyl groups excluding tert-OH is 4. The molecule has 0 aromatic rings. The topological polar surface area (TPSA) is 131 Å². The molecule has 9 atom stereocenters. The molecular formula is C17H33ClN2O6S. The zero-order chi connectivity index (χ0) is 19.4. The lowest BCUT2D eigenvalue weighted by Crippen LogP contribution is -2.65. The minimum absolute atomic E-state index is 0. The minimum atomic E-state index is -1.42. The van der Waals surface area contributed by atoms with Crippen LogP contribution >= 0.6 is 24.2 Å². The average Bonchev–Trinajstić information content (AvgIpc) is 3.07. The van der Waals surface area contributed by atoms with Gasteiger partial charge >= 0.3 is 0 Å². The molecule has 1 amide bonds. The van der Waals surface area contributed by atoms with Crippen molar-refractivity contribution in [2.45, 2.75) is 81.1 Å². The summed E-state index contributed by atoms with van der Waals surface area (Å²) in [4.78, 5) is 12.6. The molecular weight excluding hydrogens is 396 g/mol. The summed E-state index contributed by atoms with van der Waals surface area (Å²) in [6, 6.07) is -1.25. The van der Waals surface area contributed by atoms with Crippen molar-refractivity contribution in [3.8, 4) is 0 Å². The van der Waals surface area contributed by atoms with E-state index in [4.69, 9.17) is 4.74 Å². The van der Waals surface area contributed by atoms with E-state index >= 15 is 0 Å². The number of carbonyl (C=O) groups excluding carboxylic acids is 1. The summed E-state index contributed by atoms with van der Waals surface area (Å²) in [5.74, 6) is 0.196. The molecule has 0 aromatic carbocycles. The standard InChI is InChI=1S/C17H32N2O6S.ClH/c1-4-5-9-6-10(18-7-9)16(24)19-11(8(2)20)15-13(22)12(21)14(23)17(25-15)26-3;/h8-15,17-18,20-23H,4-7H2,1-3H3,(H,19,24);1H/t8-,9-,10+,11-,12?,13?,14?,15?,17?;/m1./s1. The highest BCUT2D eigenvalue weighted by molar-refractivity contribution is 7.99. The van der Waals surface area contributed by atoms with Crippen LogP contribution in [0.4, 0.5) is 0 Å². The Morgan fingerprint density at radius 1 is 1.30 bits per heavy atom. The number of rotatable bonds is 7. The second-order valence-corrected chi connectivity index (χ2v) is 8.24. The van der Waals surface area contributed by atoms with Gasteiger partial charge in [-0.2, -0.15) is 0 Å². The van der Waals surface area contributed by atoms with Gasteiger partial charge in [0.1, 0.15) is 29.9 Å². The molecule has 8 nitrogen and oxygen atoms in total. The first-order chi connectivity index (χ1) is 12.3. The molecule has 27 heavy (non-hydrogen) atoms. The molecule has 0 radical (unpaired) electrons. The first-order valence-corrected chi connectivity index (χ1v) is 10.5. The largest absolute Gasteiger partial charge is 0.391 e. The monoisotopic (exact) mass is 428 g/mol. The summed E-state index contributed by atoms with van der Waals surface area (Å²) in [7, 11) is 0. The molecule has 2 saturated heterocycles. The smallest absolute Gasteiger partial charge is 0.237 e. The molecule has 0 spiro atoms. The molecule has 0 saturated carbocycles. The highest BCUT2D eigenvalue weighted by atomic mass is 35.5. The molecule has 2 rings (SSSR count). The van der Waals surface area contributed by atoms with Gasteiger partial charge in [0.15, 0.2) is 0 Å². The molecule has 160 valence electrons. The maximum Gasteiger partial charge on any atom is 0.237 e. The highest BCUT2D eigenvalue weighted by Crippen LogP contribution is 2.29. The van der Waals surface area contributed by atoms with E-state index in [-0.39, 0.29) is 24.4 Å². The van der Waals surface area contributed by atoms with Gasteiger partial charge in [0.05, 0.1) is 18.2 Å². The van der Waals surface area contributed by atoms with E-state index in [0.29, 0.717) is 5.92 Å². The maximum absolute atomic E-state index is 12.6. The van der Waals surface area contributed by atoms with Crippen LogP contribution in [0.5, 0.6) is 0 Å². The number of carbonyl (C=O) groups is 1. The van der Waals surface area contributed by atoms with Gasteiger partial charge in [-0.15, -0.1) is 24.2 Å². The number of hydrogen-bond acceptors (Lipinski definition) is 8. The fraction of sp³-hybridized carbons (Fsp3) is 0.941. The Hall–Kier alpha value is -0.130. The third-order valence-corrected chi connectivity index (χ3v) is 6.11. The zero-order valence-electron chi connectivity index (χ0n) is 15.9. The number of amides is 1. The van der Waals surface area contributed by atoms with Gasteiger partial charge in [-0.05, 0) is 38.5 Å². The van der Waals surface area contributed by atoms with E-state index in [9.17, 15) is 25.2 Å². The van der Waals surface area contributed by atoms with Crippen molar-refractivity contribution in [1.82, 2.24) is 10.6 Å². The predicted molar refractivity (Wildman–Crippen MR) is 106 cm³/mol. The van der Waals surface area contributed by atoms with Gasteiger partial charge in [0.25, 0.3) is 0 Å². The number of nitrogens with one attached hydrogen (secondary N) is 2. The summed E-state index contributed by atoms with van der Waals surface area (Å²) in [6.45, 7) is 4.39. The van der Waals surface area contributed by atoms with Crippen molar-refractivity contribution in [1.29, 1.82) is 0 Å². The Balaban J connectivity index is 0.00000364. The zero-order valence-corrected chi connectivity index (χ0v) is 17.6. The molecule has 6 N–H and O–H groups in total. The van der Waals surface area contributed by atoms with Gasteiger partial charge in [-0.3, -0.25) is 4.79 Å². The van der Waals surface area contributed by atoms with Crippen molar-refractivity contribution in [2.24, 2.45) is 5.92 Å². The van der Waals surface area contributed by atoms with Crippen LogP contribution in [-0.2, 0) is 9.53 Å². The quantitative estimate of drug-likeness (QED) is 0.311. The van der Waals surface area contributed by atoms with Crippen LogP contribution in [0.15, 0.2) is 0 Å². The van der Waals surface area contributed by atoms with Crippen LogP contribution in [0.2, 0.25) is 0 Å². The predicted octanol–water partition coefficient (Wildman–Crippen LogP) is -0.777. The van der Waals surface area contributed by atoms with Crippen LogP contribution in [0, 0.1) is 5.92 Å². The Kier molecular flexibility index (Phi) is 10.3. The lowest BCUT2D eigenvalue weighted by atomic mass is 9.92. The number of aliphatic hydroxyl groups is 4. The summed E-state index contributed by atoms with van der Waals surface area (Å²) >= 11 is 1.19. The molecule has 2 fully saturated rings. The van der Waals surface area contributed by atoms with Crippen molar-refractivity contribution >= 4 is 30.1 Å². The third-order valence-electron chi connectivity index (χ3n) is 5.26. The van der Waals surface area contributed by atoms with Crippen molar-refractivity contribution in [3.05, 3.63) is 0 Å². The van der Waals surface area contributed by atoms with E-state index in [1.54, 1.807) is 6.26 Å². The number of thioether (sulfide) groups is 1. The van der Waals surface area contributed by atoms with Crippen LogP contribution < -0.4 is 10.6 Å².